The molecule has 100 valence electrons. The third kappa shape index (κ3) is 2.59. The van der Waals surface area contributed by atoms with Crippen molar-refractivity contribution >= 4 is 21.7 Å². The molecule has 0 saturated heterocycles. The van der Waals surface area contributed by atoms with Gasteiger partial charge in [0.15, 0.2) is 5.78 Å². The van der Waals surface area contributed by atoms with E-state index in [1.807, 2.05) is 24.3 Å². The Morgan fingerprint density at radius 2 is 2.05 bits per heavy atom. The zero-order valence-corrected chi connectivity index (χ0v) is 12.6. The molecule has 0 aliphatic heterocycles. The lowest BCUT2D eigenvalue weighted by atomic mass is 9.97. The maximum absolute atomic E-state index is 11.8. The van der Waals surface area contributed by atoms with E-state index in [1.165, 1.54) is 6.92 Å². The molecule has 0 saturated carbocycles. The fourth-order valence-corrected chi connectivity index (χ4v) is 2.61. The average Bonchev–Trinajstić information content (AvgIpc) is 2.89. The van der Waals surface area contributed by atoms with Crippen LogP contribution in [-0.4, -0.2) is 10.4 Å². The third-order valence-corrected chi connectivity index (χ3v) is 3.88. The molecule has 4 heteroatoms. The van der Waals surface area contributed by atoms with E-state index in [1.54, 1.807) is 22.9 Å². The van der Waals surface area contributed by atoms with Gasteiger partial charge in [0.25, 0.3) is 0 Å². The van der Waals surface area contributed by atoms with Gasteiger partial charge in [-0.1, -0.05) is 40.7 Å². The molecule has 0 bridgehead atoms. The second kappa shape index (κ2) is 5.89. The molecule has 20 heavy (non-hydrogen) atoms. The Bertz CT molecular complexity index is 707. The third-order valence-electron chi connectivity index (χ3n) is 3.15. The van der Waals surface area contributed by atoms with Crippen LogP contribution >= 0.6 is 15.9 Å². The number of Topliss-reactive ketones (excluding diaryl/α,β-unsaturated/α-hetero) is 1. The molecule has 0 aliphatic rings. The van der Waals surface area contributed by atoms with E-state index >= 15 is 0 Å². The van der Waals surface area contributed by atoms with Gasteiger partial charge in [0, 0.05) is 16.2 Å². The summed E-state index contributed by atoms with van der Waals surface area (Å²) in [5.74, 6) is -0.0941. The Labute approximate surface area is 126 Å². The maximum atomic E-state index is 11.8. The number of ketones is 1. The lowest BCUT2D eigenvalue weighted by Gasteiger charge is -2.22. The number of aromatic nitrogens is 1. The van der Waals surface area contributed by atoms with Gasteiger partial charge < -0.3 is 4.57 Å². The Balaban J connectivity index is 2.64. The topological polar surface area (TPSA) is 45.8 Å². The smallest absolute Gasteiger partial charge is 0.157 e. The standard InChI is InChI=1S/C16H13BrN2O/c1-11(12(2)20)16(14-7-3-4-8-15(14)17)19-9-5-6-13(19)10-18/h3-9,16H,1H2,2H3/t16-/m1/s1. The van der Waals surface area contributed by atoms with Crippen LogP contribution < -0.4 is 0 Å². The van der Waals surface area contributed by atoms with E-state index in [0.29, 0.717) is 11.3 Å². The molecule has 0 radical (unpaired) electrons. The Morgan fingerprint density at radius 1 is 1.35 bits per heavy atom. The molecular weight excluding hydrogens is 316 g/mol. The van der Waals surface area contributed by atoms with Gasteiger partial charge in [-0.25, -0.2) is 0 Å². The number of carbonyl (C=O) groups excluding carboxylic acids is 1. The lowest BCUT2D eigenvalue weighted by molar-refractivity contribution is -0.113. The fourth-order valence-electron chi connectivity index (χ4n) is 2.11. The van der Waals surface area contributed by atoms with Crippen LogP contribution in [0, 0.1) is 11.3 Å². The highest BCUT2D eigenvalue weighted by Crippen LogP contribution is 2.32. The molecular formula is C16H13BrN2O. The van der Waals surface area contributed by atoms with Gasteiger partial charge in [-0.2, -0.15) is 5.26 Å². The van der Waals surface area contributed by atoms with Crippen LogP contribution in [0.25, 0.3) is 0 Å². The maximum Gasteiger partial charge on any atom is 0.157 e. The quantitative estimate of drug-likeness (QED) is 0.800. The number of nitrogens with zero attached hydrogens (tertiary/aromatic N) is 2. The molecule has 0 unspecified atom stereocenters. The number of allylic oxidation sites excluding steroid dienone is 1. The van der Waals surface area contributed by atoms with Gasteiger partial charge in [0.05, 0.1) is 6.04 Å². The van der Waals surface area contributed by atoms with Crippen LogP contribution in [0.1, 0.15) is 24.2 Å². The van der Waals surface area contributed by atoms with Gasteiger partial charge in [0.2, 0.25) is 0 Å². The summed E-state index contributed by atoms with van der Waals surface area (Å²) in [4.78, 5) is 11.8. The van der Waals surface area contributed by atoms with Crippen LogP contribution in [0.5, 0.6) is 0 Å². The van der Waals surface area contributed by atoms with E-state index in [-0.39, 0.29) is 11.8 Å². The first-order valence-electron chi connectivity index (χ1n) is 6.07. The van der Waals surface area contributed by atoms with Gasteiger partial charge in [0.1, 0.15) is 11.8 Å². The van der Waals surface area contributed by atoms with Crippen molar-refractivity contribution in [2.75, 3.05) is 0 Å². The molecule has 0 amide bonds. The highest BCUT2D eigenvalue weighted by molar-refractivity contribution is 9.10. The molecule has 1 atom stereocenters. The molecule has 0 aliphatic carbocycles. The zero-order chi connectivity index (χ0) is 14.7. The van der Waals surface area contributed by atoms with Crippen molar-refractivity contribution in [2.24, 2.45) is 0 Å². The average molecular weight is 329 g/mol. The summed E-state index contributed by atoms with van der Waals surface area (Å²) in [7, 11) is 0. The number of carbonyl (C=O) groups is 1. The van der Waals surface area contributed by atoms with Gasteiger partial charge in [-0.05, 0) is 30.7 Å². The molecule has 0 N–H and O–H groups in total. The number of benzene rings is 1. The van der Waals surface area contributed by atoms with Crippen LogP contribution in [0.15, 0.2) is 59.2 Å². The summed E-state index contributed by atoms with van der Waals surface area (Å²) in [5.41, 5.74) is 1.85. The fraction of sp³-hybridized carbons (Fsp3) is 0.125. The SMILES string of the molecule is C=C(C(C)=O)[C@H](c1ccccc1Br)n1cccc1C#N. The number of halogens is 1. The molecule has 1 heterocycles. The summed E-state index contributed by atoms with van der Waals surface area (Å²) in [5, 5.41) is 9.20. The van der Waals surface area contributed by atoms with E-state index in [9.17, 15) is 10.1 Å². The lowest BCUT2D eigenvalue weighted by Crippen LogP contribution is -2.18. The van der Waals surface area contributed by atoms with Crippen molar-refractivity contribution in [1.82, 2.24) is 4.57 Å². The van der Waals surface area contributed by atoms with E-state index in [2.05, 4.69) is 28.6 Å². The van der Waals surface area contributed by atoms with Crippen LogP contribution in [0.2, 0.25) is 0 Å². The van der Waals surface area contributed by atoms with E-state index in [0.717, 1.165) is 10.0 Å². The first-order valence-corrected chi connectivity index (χ1v) is 6.86. The second-order valence-electron chi connectivity index (χ2n) is 4.42. The summed E-state index contributed by atoms with van der Waals surface area (Å²) >= 11 is 3.50. The monoisotopic (exact) mass is 328 g/mol. The predicted molar refractivity (Wildman–Crippen MR) is 81.2 cm³/mol. The summed E-state index contributed by atoms with van der Waals surface area (Å²) in [6.07, 6.45) is 1.79. The minimum atomic E-state index is -0.382. The zero-order valence-electron chi connectivity index (χ0n) is 11.0. The Kier molecular flexibility index (Phi) is 4.21. The number of nitriles is 1. The Morgan fingerprint density at radius 3 is 2.65 bits per heavy atom. The number of hydrogen-bond acceptors (Lipinski definition) is 2. The van der Waals surface area contributed by atoms with Crippen molar-refractivity contribution in [2.45, 2.75) is 13.0 Å². The van der Waals surface area contributed by atoms with Crippen molar-refractivity contribution < 1.29 is 4.79 Å². The molecule has 0 fully saturated rings. The van der Waals surface area contributed by atoms with Gasteiger partial charge in [-0.3, -0.25) is 4.79 Å². The minimum absolute atomic E-state index is 0.0941. The molecule has 1 aromatic heterocycles. The molecule has 0 spiro atoms. The highest BCUT2D eigenvalue weighted by Gasteiger charge is 2.23. The van der Waals surface area contributed by atoms with Crippen molar-refractivity contribution in [3.8, 4) is 6.07 Å². The van der Waals surface area contributed by atoms with E-state index < -0.39 is 0 Å². The normalized spacial score (nSPS) is 11.7. The number of hydrogen-bond donors (Lipinski definition) is 0. The largest absolute Gasteiger partial charge is 0.328 e. The van der Waals surface area contributed by atoms with E-state index in [4.69, 9.17) is 0 Å². The molecule has 3 nitrogen and oxygen atoms in total. The molecule has 1 aromatic carbocycles. The first-order chi connectivity index (χ1) is 9.56. The second-order valence-corrected chi connectivity index (χ2v) is 5.27. The Hall–Kier alpha value is -2.12. The molecule has 2 aromatic rings. The summed E-state index contributed by atoms with van der Waals surface area (Å²) < 4.78 is 2.65. The van der Waals surface area contributed by atoms with Crippen molar-refractivity contribution in [1.29, 1.82) is 5.26 Å². The predicted octanol–water partition coefficient (Wildman–Crippen LogP) is 3.86. The van der Waals surface area contributed by atoms with Crippen LogP contribution in [0.4, 0.5) is 0 Å². The van der Waals surface area contributed by atoms with Crippen molar-refractivity contribution in [3.63, 3.8) is 0 Å². The van der Waals surface area contributed by atoms with Crippen LogP contribution in [-0.2, 0) is 4.79 Å². The van der Waals surface area contributed by atoms with Crippen molar-refractivity contribution in [3.05, 3.63) is 70.5 Å². The highest BCUT2D eigenvalue weighted by atomic mass is 79.9. The minimum Gasteiger partial charge on any atom is -0.328 e. The first kappa shape index (κ1) is 14.3. The van der Waals surface area contributed by atoms with Gasteiger partial charge >= 0.3 is 0 Å². The summed E-state index contributed by atoms with van der Waals surface area (Å²) in [6.45, 7) is 5.39. The number of rotatable bonds is 4. The summed E-state index contributed by atoms with van der Waals surface area (Å²) in [6, 6.07) is 12.9. The van der Waals surface area contributed by atoms with Gasteiger partial charge in [-0.15, -0.1) is 0 Å². The molecule has 2 rings (SSSR count). The van der Waals surface area contributed by atoms with Crippen LogP contribution in [0.3, 0.4) is 0 Å².